The number of hydrogen-bond acceptors (Lipinski definition) is 4. The molecule has 0 rings (SSSR count). The lowest BCUT2D eigenvalue weighted by Gasteiger charge is -2.16. The van der Waals surface area contributed by atoms with Gasteiger partial charge in [0.25, 0.3) is 0 Å². The average Bonchev–Trinajstić information content (AvgIpc) is 2.96. The standard InChI is InChI=1S/C36H71NO3/c1-3-5-7-9-11-13-14-15-16-17-18-20-22-24-26-30-35(39)33(29-27-31-36(40)34(37)32-38)28-25-23-21-19-12-10-8-6-4-2/h27,31,33-34,36,38,40H,3-26,28-30,32,37H2,1-2H3/b31-27+/t33?,34-,36+/m0/s1. The molecule has 0 radical (unpaired) electrons. The number of ketones is 1. The third-order valence-electron chi connectivity index (χ3n) is 8.54. The van der Waals surface area contributed by atoms with Crippen LogP contribution in [0.2, 0.25) is 0 Å². The molecular weight excluding hydrogens is 494 g/mol. The summed E-state index contributed by atoms with van der Waals surface area (Å²) in [5, 5.41) is 19.2. The Morgan fingerprint density at radius 3 is 1.40 bits per heavy atom. The van der Waals surface area contributed by atoms with E-state index in [0.29, 0.717) is 18.6 Å². The Bertz CT molecular complexity index is 550. The van der Waals surface area contributed by atoms with Crippen molar-refractivity contribution in [3.8, 4) is 0 Å². The van der Waals surface area contributed by atoms with Crippen LogP contribution in [0.25, 0.3) is 0 Å². The summed E-state index contributed by atoms with van der Waals surface area (Å²) in [6, 6.07) is -0.664. The van der Waals surface area contributed by atoms with Crippen LogP contribution in [0.4, 0.5) is 0 Å². The lowest BCUT2D eigenvalue weighted by Crippen LogP contribution is -2.36. The first-order valence-electron chi connectivity index (χ1n) is 17.8. The van der Waals surface area contributed by atoms with E-state index in [0.717, 1.165) is 25.7 Å². The molecule has 0 aliphatic carbocycles. The van der Waals surface area contributed by atoms with E-state index in [4.69, 9.17) is 10.8 Å². The molecule has 0 aliphatic rings. The van der Waals surface area contributed by atoms with E-state index in [1.807, 2.05) is 6.08 Å². The van der Waals surface area contributed by atoms with Crippen LogP contribution in [0.1, 0.15) is 187 Å². The zero-order chi connectivity index (χ0) is 29.5. The minimum absolute atomic E-state index is 0.0463. The largest absolute Gasteiger partial charge is 0.395 e. The molecule has 40 heavy (non-hydrogen) atoms. The third-order valence-corrected chi connectivity index (χ3v) is 8.54. The van der Waals surface area contributed by atoms with Crippen molar-refractivity contribution in [2.45, 2.75) is 199 Å². The van der Waals surface area contributed by atoms with Gasteiger partial charge in [-0.15, -0.1) is 0 Å². The normalized spacial score (nSPS) is 14.1. The second-order valence-corrected chi connectivity index (χ2v) is 12.5. The Labute approximate surface area is 250 Å². The summed E-state index contributed by atoms with van der Waals surface area (Å²) >= 11 is 0. The molecule has 0 bridgehead atoms. The van der Waals surface area contributed by atoms with Gasteiger partial charge in [0.2, 0.25) is 0 Å². The fourth-order valence-corrected chi connectivity index (χ4v) is 5.62. The summed E-state index contributed by atoms with van der Waals surface area (Å²) in [5.74, 6) is 0.435. The van der Waals surface area contributed by atoms with Gasteiger partial charge in [-0.1, -0.05) is 174 Å². The molecule has 4 nitrogen and oxygen atoms in total. The summed E-state index contributed by atoms with van der Waals surface area (Å²) in [4.78, 5) is 13.0. The van der Waals surface area contributed by atoms with Crippen LogP contribution in [-0.4, -0.2) is 34.7 Å². The highest BCUT2D eigenvalue weighted by Gasteiger charge is 2.17. The van der Waals surface area contributed by atoms with Crippen molar-refractivity contribution in [1.29, 1.82) is 0 Å². The number of allylic oxidation sites excluding steroid dienone is 1. The maximum atomic E-state index is 13.0. The van der Waals surface area contributed by atoms with Gasteiger partial charge in [-0.25, -0.2) is 0 Å². The second kappa shape index (κ2) is 31.2. The number of carbonyl (C=O) groups is 1. The van der Waals surface area contributed by atoms with Gasteiger partial charge in [-0.2, -0.15) is 0 Å². The highest BCUT2D eigenvalue weighted by molar-refractivity contribution is 5.81. The first-order valence-corrected chi connectivity index (χ1v) is 17.8. The fraction of sp³-hybridized carbons (Fsp3) is 0.917. The summed E-state index contributed by atoms with van der Waals surface area (Å²) in [5.41, 5.74) is 5.71. The maximum Gasteiger partial charge on any atom is 0.136 e. The molecule has 0 fully saturated rings. The summed E-state index contributed by atoms with van der Waals surface area (Å²) < 4.78 is 0. The number of Topliss-reactive ketones (excluding diaryl/α,β-unsaturated/α-hetero) is 1. The Balaban J connectivity index is 4.07. The van der Waals surface area contributed by atoms with Crippen LogP contribution in [0.15, 0.2) is 12.2 Å². The van der Waals surface area contributed by atoms with Crippen molar-refractivity contribution in [2.24, 2.45) is 11.7 Å². The molecule has 0 spiro atoms. The molecular formula is C36H71NO3. The van der Waals surface area contributed by atoms with Gasteiger partial charge in [-0.3, -0.25) is 4.79 Å². The van der Waals surface area contributed by atoms with Gasteiger partial charge < -0.3 is 15.9 Å². The number of rotatable bonds is 32. The predicted molar refractivity (Wildman–Crippen MR) is 175 cm³/mol. The van der Waals surface area contributed by atoms with Gasteiger partial charge in [0.1, 0.15) is 5.78 Å². The first-order chi connectivity index (χ1) is 19.6. The van der Waals surface area contributed by atoms with Crippen molar-refractivity contribution < 1.29 is 15.0 Å². The SMILES string of the molecule is CCCCCCCCCCCCCCCCCC(=O)C(C/C=C/[C@@H](O)[C@@H](N)CO)CCCCCCCCCCC. The van der Waals surface area contributed by atoms with E-state index >= 15 is 0 Å². The highest BCUT2D eigenvalue weighted by atomic mass is 16.3. The molecule has 0 saturated carbocycles. The summed E-state index contributed by atoms with van der Waals surface area (Å²) in [6.07, 6.45) is 36.7. The molecule has 0 heterocycles. The number of aliphatic hydroxyl groups excluding tert-OH is 2. The van der Waals surface area contributed by atoms with Gasteiger partial charge in [0.15, 0.2) is 0 Å². The summed E-state index contributed by atoms with van der Waals surface area (Å²) in [7, 11) is 0. The zero-order valence-corrected chi connectivity index (χ0v) is 27.1. The van der Waals surface area contributed by atoms with Crippen LogP contribution in [0.5, 0.6) is 0 Å². The van der Waals surface area contributed by atoms with E-state index in [1.54, 1.807) is 6.08 Å². The predicted octanol–water partition coefficient (Wildman–Crippen LogP) is 9.98. The van der Waals surface area contributed by atoms with Crippen molar-refractivity contribution in [3.63, 3.8) is 0 Å². The molecule has 0 saturated heterocycles. The third kappa shape index (κ3) is 26.2. The Morgan fingerprint density at radius 1 is 0.625 bits per heavy atom. The molecule has 4 N–H and O–H groups in total. The van der Waals surface area contributed by atoms with Crippen LogP contribution >= 0.6 is 0 Å². The van der Waals surface area contributed by atoms with Crippen LogP contribution in [0, 0.1) is 5.92 Å². The number of carbonyl (C=O) groups excluding carboxylic acids is 1. The van der Waals surface area contributed by atoms with E-state index in [2.05, 4.69) is 13.8 Å². The van der Waals surface area contributed by atoms with Crippen molar-refractivity contribution in [2.75, 3.05) is 6.61 Å². The lowest BCUT2D eigenvalue weighted by atomic mass is 9.90. The van der Waals surface area contributed by atoms with Crippen molar-refractivity contribution >= 4 is 5.78 Å². The number of unbranched alkanes of at least 4 members (excludes halogenated alkanes) is 22. The minimum atomic E-state index is -0.857. The van der Waals surface area contributed by atoms with E-state index in [-0.39, 0.29) is 12.5 Å². The van der Waals surface area contributed by atoms with Gasteiger partial charge in [0.05, 0.1) is 18.8 Å². The molecule has 0 aliphatic heterocycles. The number of aliphatic hydroxyl groups is 2. The molecule has 3 atom stereocenters. The fourth-order valence-electron chi connectivity index (χ4n) is 5.62. The zero-order valence-electron chi connectivity index (χ0n) is 27.1. The second-order valence-electron chi connectivity index (χ2n) is 12.5. The van der Waals surface area contributed by atoms with Crippen LogP contribution < -0.4 is 5.73 Å². The average molecular weight is 566 g/mol. The Morgan fingerprint density at radius 2 is 1.00 bits per heavy atom. The van der Waals surface area contributed by atoms with E-state index in [1.165, 1.54) is 135 Å². The van der Waals surface area contributed by atoms with E-state index in [9.17, 15) is 9.90 Å². The van der Waals surface area contributed by atoms with Crippen LogP contribution in [-0.2, 0) is 4.79 Å². The minimum Gasteiger partial charge on any atom is -0.395 e. The van der Waals surface area contributed by atoms with Gasteiger partial charge in [-0.05, 0) is 19.3 Å². The summed E-state index contributed by atoms with van der Waals surface area (Å²) in [6.45, 7) is 4.29. The smallest absolute Gasteiger partial charge is 0.136 e. The number of hydrogen-bond donors (Lipinski definition) is 3. The monoisotopic (exact) mass is 566 g/mol. The Kier molecular flexibility index (Phi) is 30.7. The molecule has 238 valence electrons. The Hall–Kier alpha value is -0.710. The molecule has 4 heteroatoms. The lowest BCUT2D eigenvalue weighted by molar-refractivity contribution is -0.123. The highest BCUT2D eigenvalue weighted by Crippen LogP contribution is 2.21. The molecule has 0 aromatic rings. The molecule has 0 aromatic heterocycles. The van der Waals surface area contributed by atoms with Gasteiger partial charge in [0, 0.05) is 12.3 Å². The van der Waals surface area contributed by atoms with Gasteiger partial charge >= 0.3 is 0 Å². The van der Waals surface area contributed by atoms with Crippen LogP contribution in [0.3, 0.4) is 0 Å². The first kappa shape index (κ1) is 39.3. The quantitative estimate of drug-likeness (QED) is 0.0559. The molecule has 0 amide bonds. The molecule has 0 aromatic carbocycles. The van der Waals surface area contributed by atoms with E-state index < -0.39 is 12.1 Å². The van der Waals surface area contributed by atoms with Crippen molar-refractivity contribution in [3.05, 3.63) is 12.2 Å². The van der Waals surface area contributed by atoms with Crippen molar-refractivity contribution in [1.82, 2.24) is 0 Å². The topological polar surface area (TPSA) is 83.5 Å². The molecule has 1 unspecified atom stereocenters. The number of nitrogens with two attached hydrogens (primary N) is 1. The maximum absolute atomic E-state index is 13.0.